The highest BCUT2D eigenvalue weighted by atomic mass is 16.5. The molecule has 1 aromatic heterocycles. The van der Waals surface area contributed by atoms with E-state index in [9.17, 15) is 9.59 Å². The minimum absolute atomic E-state index is 0.0925. The van der Waals surface area contributed by atoms with E-state index in [0.717, 1.165) is 24.0 Å². The highest BCUT2D eigenvalue weighted by Gasteiger charge is 2.27. The summed E-state index contributed by atoms with van der Waals surface area (Å²) in [6, 6.07) is 5.73. The number of amides is 2. The molecule has 1 aromatic carbocycles. The zero-order valence-electron chi connectivity index (χ0n) is 17.9. The molecule has 4 N–H and O–H groups in total. The maximum atomic E-state index is 12.0. The number of nitrogens with zero attached hydrogens (tertiary/aromatic N) is 3. The number of carbonyl (C=O) groups is 2. The van der Waals surface area contributed by atoms with Gasteiger partial charge in [0.25, 0.3) is 5.91 Å². The van der Waals surface area contributed by atoms with Gasteiger partial charge in [-0.3, -0.25) is 9.59 Å². The zero-order chi connectivity index (χ0) is 22.5. The Morgan fingerprint density at radius 3 is 2.77 bits per heavy atom. The van der Waals surface area contributed by atoms with Gasteiger partial charge in [-0.2, -0.15) is 5.10 Å². The van der Waals surface area contributed by atoms with Crippen LogP contribution in [0.2, 0.25) is 0 Å². The van der Waals surface area contributed by atoms with E-state index in [4.69, 9.17) is 16.2 Å². The molecule has 0 spiro atoms. The second kappa shape index (κ2) is 9.39. The minimum atomic E-state index is -0.678. The van der Waals surface area contributed by atoms with Crippen molar-refractivity contribution in [3.8, 4) is 17.6 Å². The van der Waals surface area contributed by atoms with E-state index in [1.165, 1.54) is 6.08 Å². The molecule has 0 aliphatic carbocycles. The molecule has 1 saturated heterocycles. The Kier molecular flexibility index (Phi) is 6.65. The molecule has 8 nitrogen and oxygen atoms in total. The lowest BCUT2D eigenvalue weighted by Gasteiger charge is -2.14. The Bertz CT molecular complexity index is 1050. The van der Waals surface area contributed by atoms with Gasteiger partial charge in [0, 0.05) is 25.2 Å². The van der Waals surface area contributed by atoms with Crippen LogP contribution in [0.1, 0.15) is 40.5 Å². The Morgan fingerprint density at radius 1 is 1.35 bits per heavy atom. The number of anilines is 1. The van der Waals surface area contributed by atoms with Crippen LogP contribution in [-0.4, -0.2) is 46.7 Å². The van der Waals surface area contributed by atoms with Crippen molar-refractivity contribution in [2.75, 3.05) is 25.9 Å². The number of hydrogen-bond acceptors (Lipinski definition) is 5. The summed E-state index contributed by atoms with van der Waals surface area (Å²) in [6.45, 7) is 7.28. The van der Waals surface area contributed by atoms with Crippen molar-refractivity contribution in [3.63, 3.8) is 0 Å². The van der Waals surface area contributed by atoms with Gasteiger partial charge in [-0.05, 0) is 54.5 Å². The summed E-state index contributed by atoms with van der Waals surface area (Å²) in [5.74, 6) is 6.27. The van der Waals surface area contributed by atoms with Crippen molar-refractivity contribution < 1.29 is 14.3 Å². The van der Waals surface area contributed by atoms with Gasteiger partial charge in [-0.25, -0.2) is 4.68 Å². The lowest BCUT2D eigenvalue weighted by atomic mass is 10.1. The van der Waals surface area contributed by atoms with Crippen molar-refractivity contribution in [1.82, 2.24) is 14.7 Å². The molecule has 3 rings (SSSR count). The number of aryl methyl sites for hydroxylation is 1. The first-order valence-electron chi connectivity index (χ1n) is 10.1. The average Bonchev–Trinajstić information content (AvgIpc) is 3.36. The van der Waals surface area contributed by atoms with E-state index >= 15 is 0 Å². The number of ether oxygens (including phenoxy) is 1. The van der Waals surface area contributed by atoms with Crippen molar-refractivity contribution in [3.05, 3.63) is 53.2 Å². The number of nitrogen functional groups attached to an aromatic ring is 1. The molecule has 1 unspecified atom stereocenters. The average molecular weight is 422 g/mol. The standard InChI is InChI=1S/C23H27N5O3/c1-4-15-10-16(12-18(11-15)31-3)6-7-19-21(23(25)30)22(24)28(26-19)14-17-8-9-27(13-17)20(29)5-2/h5,10-12,17H,2,4,8-9,13-14,24H2,1,3H3,(H2,25,30). The summed E-state index contributed by atoms with van der Waals surface area (Å²) in [7, 11) is 1.60. The van der Waals surface area contributed by atoms with E-state index in [-0.39, 0.29) is 28.9 Å². The van der Waals surface area contributed by atoms with Crippen LogP contribution in [0.3, 0.4) is 0 Å². The van der Waals surface area contributed by atoms with Gasteiger partial charge in [0.15, 0.2) is 5.69 Å². The first-order valence-corrected chi connectivity index (χ1v) is 10.1. The lowest BCUT2D eigenvalue weighted by molar-refractivity contribution is -0.125. The molecule has 2 amide bonds. The van der Waals surface area contributed by atoms with Crippen LogP contribution >= 0.6 is 0 Å². The number of aromatic nitrogens is 2. The van der Waals surface area contributed by atoms with Crippen molar-refractivity contribution in [2.45, 2.75) is 26.3 Å². The van der Waals surface area contributed by atoms with Gasteiger partial charge in [-0.1, -0.05) is 19.4 Å². The van der Waals surface area contributed by atoms with Crippen LogP contribution in [0.25, 0.3) is 0 Å². The maximum Gasteiger partial charge on any atom is 0.255 e. The fourth-order valence-electron chi connectivity index (χ4n) is 3.69. The number of nitrogens with two attached hydrogens (primary N) is 2. The smallest absolute Gasteiger partial charge is 0.255 e. The van der Waals surface area contributed by atoms with Gasteiger partial charge in [0.05, 0.1) is 7.11 Å². The number of carbonyl (C=O) groups excluding carboxylic acids is 2. The number of primary amides is 1. The topological polar surface area (TPSA) is 116 Å². The molecule has 1 atom stereocenters. The SMILES string of the molecule is C=CC(=O)N1CCC(Cn2nc(C#Cc3cc(CC)cc(OC)c3)c(C(N)=O)c2N)C1. The quantitative estimate of drug-likeness (QED) is 0.542. The second-order valence-corrected chi connectivity index (χ2v) is 7.47. The van der Waals surface area contributed by atoms with Gasteiger partial charge in [0.2, 0.25) is 5.91 Å². The number of rotatable bonds is 6. The molecule has 0 radical (unpaired) electrons. The molecule has 2 aromatic rings. The van der Waals surface area contributed by atoms with Crippen LogP contribution in [-0.2, 0) is 17.8 Å². The summed E-state index contributed by atoms with van der Waals surface area (Å²) in [5.41, 5.74) is 13.9. The minimum Gasteiger partial charge on any atom is -0.497 e. The van der Waals surface area contributed by atoms with Crippen LogP contribution in [0.5, 0.6) is 5.75 Å². The second-order valence-electron chi connectivity index (χ2n) is 7.47. The van der Waals surface area contributed by atoms with E-state index in [1.807, 2.05) is 25.1 Å². The molecular formula is C23H27N5O3. The monoisotopic (exact) mass is 421 g/mol. The third-order valence-corrected chi connectivity index (χ3v) is 5.38. The van der Waals surface area contributed by atoms with E-state index in [0.29, 0.717) is 25.4 Å². The first-order chi connectivity index (χ1) is 14.9. The Hall–Kier alpha value is -3.73. The zero-order valence-corrected chi connectivity index (χ0v) is 17.9. The van der Waals surface area contributed by atoms with Crippen molar-refractivity contribution in [2.24, 2.45) is 11.7 Å². The molecule has 0 saturated carbocycles. The molecule has 2 heterocycles. The van der Waals surface area contributed by atoms with E-state index < -0.39 is 5.91 Å². The molecule has 1 fully saturated rings. The summed E-state index contributed by atoms with van der Waals surface area (Å²) < 4.78 is 6.88. The summed E-state index contributed by atoms with van der Waals surface area (Å²) >= 11 is 0. The van der Waals surface area contributed by atoms with Gasteiger partial charge in [-0.15, -0.1) is 0 Å². The molecule has 162 valence electrons. The predicted molar refractivity (Wildman–Crippen MR) is 118 cm³/mol. The highest BCUT2D eigenvalue weighted by molar-refractivity contribution is 5.99. The number of benzene rings is 1. The summed E-state index contributed by atoms with van der Waals surface area (Å²) in [4.78, 5) is 25.6. The maximum absolute atomic E-state index is 12.0. The molecular weight excluding hydrogens is 394 g/mol. The van der Waals surface area contributed by atoms with Crippen molar-refractivity contribution >= 4 is 17.6 Å². The fraction of sp³-hybridized carbons (Fsp3) is 0.348. The number of likely N-dealkylation sites (tertiary alicyclic amines) is 1. The van der Waals surface area contributed by atoms with Crippen molar-refractivity contribution in [1.29, 1.82) is 0 Å². The third kappa shape index (κ3) is 4.89. The third-order valence-electron chi connectivity index (χ3n) is 5.38. The van der Waals surface area contributed by atoms with Crippen LogP contribution in [0, 0.1) is 17.8 Å². The molecule has 0 bridgehead atoms. The molecule has 8 heteroatoms. The summed E-state index contributed by atoms with van der Waals surface area (Å²) in [5, 5.41) is 4.45. The van der Waals surface area contributed by atoms with Gasteiger partial charge >= 0.3 is 0 Å². The van der Waals surface area contributed by atoms with E-state index in [2.05, 4.69) is 23.5 Å². The number of methoxy groups -OCH3 is 1. The molecule has 1 aliphatic heterocycles. The Labute approximate surface area is 181 Å². The van der Waals surface area contributed by atoms with E-state index in [1.54, 1.807) is 16.7 Å². The molecule has 31 heavy (non-hydrogen) atoms. The predicted octanol–water partition coefficient (Wildman–Crippen LogP) is 1.57. The van der Waals surface area contributed by atoms with Crippen LogP contribution in [0.15, 0.2) is 30.9 Å². The largest absolute Gasteiger partial charge is 0.497 e. The summed E-state index contributed by atoms with van der Waals surface area (Å²) in [6.07, 6.45) is 2.97. The van der Waals surface area contributed by atoms with Gasteiger partial charge in [0.1, 0.15) is 17.1 Å². The van der Waals surface area contributed by atoms with Crippen LogP contribution in [0.4, 0.5) is 5.82 Å². The fourth-order valence-corrected chi connectivity index (χ4v) is 3.69. The lowest BCUT2D eigenvalue weighted by Crippen LogP contribution is -2.27. The van der Waals surface area contributed by atoms with Crippen LogP contribution < -0.4 is 16.2 Å². The Balaban J connectivity index is 1.88. The number of hydrogen-bond donors (Lipinski definition) is 2. The first kappa shape index (κ1) is 22.0. The molecule has 1 aliphatic rings. The highest BCUT2D eigenvalue weighted by Crippen LogP contribution is 2.23. The Morgan fingerprint density at radius 2 is 2.13 bits per heavy atom. The normalized spacial score (nSPS) is 15.3. The van der Waals surface area contributed by atoms with Gasteiger partial charge < -0.3 is 21.1 Å².